The zero-order valence-electron chi connectivity index (χ0n) is 11.0. The third-order valence-electron chi connectivity index (χ3n) is 2.99. The van der Waals surface area contributed by atoms with Gasteiger partial charge in [-0.15, -0.1) is 0 Å². The lowest BCUT2D eigenvalue weighted by atomic mass is 10.1. The summed E-state index contributed by atoms with van der Waals surface area (Å²) < 4.78 is 1.08. The SMILES string of the molecule is C[C@H](O)c1cccnc1N(C)Cc1ccccc1Br. The van der Waals surface area contributed by atoms with Crippen LogP contribution in [0.1, 0.15) is 24.2 Å². The summed E-state index contributed by atoms with van der Waals surface area (Å²) in [5, 5.41) is 9.80. The van der Waals surface area contributed by atoms with E-state index in [-0.39, 0.29) is 0 Å². The van der Waals surface area contributed by atoms with E-state index in [1.807, 2.05) is 42.3 Å². The van der Waals surface area contributed by atoms with Gasteiger partial charge in [0.2, 0.25) is 0 Å². The van der Waals surface area contributed by atoms with Gasteiger partial charge in [-0.1, -0.05) is 40.2 Å². The Bertz CT molecular complexity index is 557. The molecule has 1 N–H and O–H groups in total. The monoisotopic (exact) mass is 320 g/mol. The molecule has 0 aliphatic heterocycles. The number of aromatic nitrogens is 1. The lowest BCUT2D eigenvalue weighted by molar-refractivity contribution is 0.199. The van der Waals surface area contributed by atoms with Crippen LogP contribution in [-0.2, 0) is 6.54 Å². The first-order chi connectivity index (χ1) is 9.09. The summed E-state index contributed by atoms with van der Waals surface area (Å²) in [7, 11) is 1.98. The molecule has 0 saturated heterocycles. The lowest BCUT2D eigenvalue weighted by Gasteiger charge is -2.22. The Morgan fingerprint density at radius 2 is 2.00 bits per heavy atom. The highest BCUT2D eigenvalue weighted by molar-refractivity contribution is 9.10. The van der Waals surface area contributed by atoms with E-state index in [0.29, 0.717) is 0 Å². The number of aliphatic hydroxyl groups excluding tert-OH is 1. The number of benzene rings is 1. The molecule has 2 aromatic rings. The largest absolute Gasteiger partial charge is 0.389 e. The van der Waals surface area contributed by atoms with Crippen LogP contribution in [0.2, 0.25) is 0 Å². The number of pyridine rings is 1. The summed E-state index contributed by atoms with van der Waals surface area (Å²) in [4.78, 5) is 6.42. The van der Waals surface area contributed by atoms with Crippen molar-refractivity contribution < 1.29 is 5.11 Å². The fourth-order valence-corrected chi connectivity index (χ4v) is 2.42. The van der Waals surface area contributed by atoms with Gasteiger partial charge in [0.15, 0.2) is 0 Å². The number of hydrogen-bond donors (Lipinski definition) is 1. The summed E-state index contributed by atoms with van der Waals surface area (Å²) in [5.74, 6) is 0.813. The Morgan fingerprint density at radius 1 is 1.26 bits per heavy atom. The van der Waals surface area contributed by atoms with Crippen LogP contribution < -0.4 is 4.90 Å². The molecule has 0 amide bonds. The molecule has 0 aliphatic carbocycles. The Labute approximate surface area is 122 Å². The number of halogens is 1. The van der Waals surface area contributed by atoms with Crippen LogP contribution >= 0.6 is 15.9 Å². The molecular weight excluding hydrogens is 304 g/mol. The van der Waals surface area contributed by atoms with Gasteiger partial charge >= 0.3 is 0 Å². The van der Waals surface area contributed by atoms with Gasteiger partial charge in [0.25, 0.3) is 0 Å². The smallest absolute Gasteiger partial charge is 0.134 e. The molecule has 0 saturated carbocycles. The Morgan fingerprint density at radius 3 is 2.68 bits per heavy atom. The fourth-order valence-electron chi connectivity index (χ4n) is 2.01. The van der Waals surface area contributed by atoms with Crippen LogP contribution in [-0.4, -0.2) is 17.1 Å². The molecule has 1 atom stereocenters. The van der Waals surface area contributed by atoms with Crippen LogP contribution in [0, 0.1) is 0 Å². The molecule has 1 heterocycles. The minimum Gasteiger partial charge on any atom is -0.389 e. The van der Waals surface area contributed by atoms with E-state index in [1.54, 1.807) is 13.1 Å². The third kappa shape index (κ3) is 3.33. The van der Waals surface area contributed by atoms with Crippen molar-refractivity contribution in [3.63, 3.8) is 0 Å². The molecule has 0 spiro atoms. The lowest BCUT2D eigenvalue weighted by Crippen LogP contribution is -2.20. The van der Waals surface area contributed by atoms with Crippen LogP contribution in [0.25, 0.3) is 0 Å². The molecule has 0 fully saturated rings. The second-order valence-electron chi connectivity index (χ2n) is 4.54. The number of anilines is 1. The predicted molar refractivity (Wildman–Crippen MR) is 81.1 cm³/mol. The number of rotatable bonds is 4. The molecule has 2 rings (SSSR count). The van der Waals surface area contributed by atoms with E-state index < -0.39 is 6.10 Å². The maximum absolute atomic E-state index is 9.80. The van der Waals surface area contributed by atoms with Crippen molar-refractivity contribution in [2.45, 2.75) is 19.6 Å². The zero-order chi connectivity index (χ0) is 13.8. The Kier molecular flexibility index (Phi) is 4.56. The minimum atomic E-state index is -0.523. The molecule has 4 heteroatoms. The highest BCUT2D eigenvalue weighted by Gasteiger charge is 2.13. The molecule has 19 heavy (non-hydrogen) atoms. The maximum atomic E-state index is 9.80. The molecule has 0 unspecified atom stereocenters. The molecular formula is C15H17BrN2O. The second kappa shape index (κ2) is 6.17. The Balaban J connectivity index is 2.26. The first-order valence-corrected chi connectivity index (χ1v) is 6.96. The van der Waals surface area contributed by atoms with Crippen LogP contribution in [0.3, 0.4) is 0 Å². The number of nitrogens with zero attached hydrogens (tertiary/aromatic N) is 2. The van der Waals surface area contributed by atoms with E-state index in [1.165, 1.54) is 5.56 Å². The van der Waals surface area contributed by atoms with Crippen molar-refractivity contribution in [1.29, 1.82) is 0 Å². The van der Waals surface area contributed by atoms with Crippen molar-refractivity contribution in [2.24, 2.45) is 0 Å². The first-order valence-electron chi connectivity index (χ1n) is 6.17. The van der Waals surface area contributed by atoms with Gasteiger partial charge in [0.05, 0.1) is 6.10 Å². The van der Waals surface area contributed by atoms with Gasteiger partial charge < -0.3 is 10.0 Å². The van der Waals surface area contributed by atoms with Crippen LogP contribution in [0.15, 0.2) is 47.1 Å². The predicted octanol–water partition coefficient (Wildman–Crippen LogP) is 3.53. The quantitative estimate of drug-likeness (QED) is 0.936. The second-order valence-corrected chi connectivity index (χ2v) is 5.39. The number of hydrogen-bond acceptors (Lipinski definition) is 3. The zero-order valence-corrected chi connectivity index (χ0v) is 12.6. The third-order valence-corrected chi connectivity index (χ3v) is 3.77. The van der Waals surface area contributed by atoms with Gasteiger partial charge in [-0.3, -0.25) is 0 Å². The van der Waals surface area contributed by atoms with Gasteiger partial charge in [-0.2, -0.15) is 0 Å². The van der Waals surface area contributed by atoms with Crippen molar-refractivity contribution in [3.8, 4) is 0 Å². The molecule has 0 bridgehead atoms. The normalized spacial score (nSPS) is 12.2. The standard InChI is InChI=1S/C15H17BrN2O/c1-11(19)13-7-5-9-17-15(13)18(2)10-12-6-3-4-8-14(12)16/h3-9,11,19H,10H2,1-2H3/t11-/m0/s1. The molecule has 1 aromatic carbocycles. The summed E-state index contributed by atoms with van der Waals surface area (Å²) in [6.07, 6.45) is 1.22. The molecule has 1 aromatic heterocycles. The summed E-state index contributed by atoms with van der Waals surface area (Å²) >= 11 is 3.55. The van der Waals surface area contributed by atoms with E-state index in [2.05, 4.69) is 27.0 Å². The van der Waals surface area contributed by atoms with E-state index in [4.69, 9.17) is 0 Å². The fraction of sp³-hybridized carbons (Fsp3) is 0.267. The summed E-state index contributed by atoms with van der Waals surface area (Å²) in [6, 6.07) is 11.9. The van der Waals surface area contributed by atoms with E-state index in [9.17, 15) is 5.11 Å². The van der Waals surface area contributed by atoms with Crippen molar-refractivity contribution >= 4 is 21.7 Å². The summed E-state index contributed by atoms with van der Waals surface area (Å²) in [6.45, 7) is 2.49. The average molecular weight is 321 g/mol. The van der Waals surface area contributed by atoms with Gasteiger partial charge in [0.1, 0.15) is 5.82 Å². The minimum absolute atomic E-state index is 0.523. The Hall–Kier alpha value is -1.39. The van der Waals surface area contributed by atoms with Gasteiger partial charge in [-0.25, -0.2) is 4.98 Å². The molecule has 0 radical (unpaired) electrons. The highest BCUT2D eigenvalue weighted by atomic mass is 79.9. The summed E-state index contributed by atoms with van der Waals surface area (Å²) in [5.41, 5.74) is 2.03. The molecule has 3 nitrogen and oxygen atoms in total. The molecule has 0 aliphatic rings. The average Bonchev–Trinajstić information content (AvgIpc) is 2.41. The van der Waals surface area contributed by atoms with Gasteiger partial charge in [0, 0.05) is 29.8 Å². The van der Waals surface area contributed by atoms with E-state index >= 15 is 0 Å². The van der Waals surface area contributed by atoms with Crippen molar-refractivity contribution in [1.82, 2.24) is 4.98 Å². The highest BCUT2D eigenvalue weighted by Crippen LogP contribution is 2.25. The topological polar surface area (TPSA) is 36.4 Å². The van der Waals surface area contributed by atoms with Crippen molar-refractivity contribution in [3.05, 3.63) is 58.2 Å². The number of aliphatic hydroxyl groups is 1. The van der Waals surface area contributed by atoms with E-state index in [0.717, 1.165) is 22.4 Å². The van der Waals surface area contributed by atoms with Crippen LogP contribution in [0.5, 0.6) is 0 Å². The van der Waals surface area contributed by atoms with Crippen molar-refractivity contribution in [2.75, 3.05) is 11.9 Å². The first kappa shape index (κ1) is 14.0. The maximum Gasteiger partial charge on any atom is 0.134 e. The van der Waals surface area contributed by atoms with Crippen LogP contribution in [0.4, 0.5) is 5.82 Å². The molecule has 100 valence electrons. The van der Waals surface area contributed by atoms with Gasteiger partial charge in [-0.05, 0) is 24.6 Å².